The zero-order valence-electron chi connectivity index (χ0n) is 14.6. The SMILES string of the molecule is C[C@@H](C[C@H]1CC[C@@H](c2ccc(CC(=O)O)cc2)C1)c1cccc(Cl)c1. The van der Waals surface area contributed by atoms with Crippen LogP contribution in [0.1, 0.15) is 61.1 Å². The maximum Gasteiger partial charge on any atom is 0.307 e. The molecule has 0 saturated heterocycles. The van der Waals surface area contributed by atoms with Gasteiger partial charge < -0.3 is 5.11 Å². The van der Waals surface area contributed by atoms with Crippen molar-refractivity contribution in [3.05, 3.63) is 70.2 Å². The lowest BCUT2D eigenvalue weighted by atomic mass is 9.88. The van der Waals surface area contributed by atoms with E-state index in [1.54, 1.807) is 0 Å². The fourth-order valence-electron chi connectivity index (χ4n) is 4.12. The minimum absolute atomic E-state index is 0.102. The number of hydrogen-bond acceptors (Lipinski definition) is 1. The minimum atomic E-state index is -0.774. The van der Waals surface area contributed by atoms with E-state index in [-0.39, 0.29) is 6.42 Å². The molecule has 1 saturated carbocycles. The van der Waals surface area contributed by atoms with Crippen molar-refractivity contribution in [3.63, 3.8) is 0 Å². The maximum atomic E-state index is 10.8. The topological polar surface area (TPSA) is 37.3 Å². The van der Waals surface area contributed by atoms with E-state index in [1.807, 2.05) is 24.3 Å². The van der Waals surface area contributed by atoms with E-state index in [2.05, 4.69) is 31.2 Å². The summed E-state index contributed by atoms with van der Waals surface area (Å²) in [5, 5.41) is 9.68. The fraction of sp³-hybridized carbons (Fsp3) is 0.409. The van der Waals surface area contributed by atoms with Gasteiger partial charge in [0.25, 0.3) is 0 Å². The minimum Gasteiger partial charge on any atom is -0.481 e. The summed E-state index contributed by atoms with van der Waals surface area (Å²) in [4.78, 5) is 10.8. The van der Waals surface area contributed by atoms with Gasteiger partial charge in [-0.3, -0.25) is 4.79 Å². The Bertz CT molecular complexity index is 723. The van der Waals surface area contributed by atoms with Crippen LogP contribution >= 0.6 is 11.6 Å². The number of rotatable bonds is 6. The third-order valence-corrected chi connectivity index (χ3v) is 5.69. The van der Waals surface area contributed by atoms with E-state index in [4.69, 9.17) is 16.7 Å². The van der Waals surface area contributed by atoms with Gasteiger partial charge in [-0.25, -0.2) is 0 Å². The smallest absolute Gasteiger partial charge is 0.307 e. The average molecular weight is 357 g/mol. The third-order valence-electron chi connectivity index (χ3n) is 5.45. The standard InChI is InChI=1S/C22H25ClO2/c1-15(19-3-2-4-21(23)14-19)11-17-7-10-20(12-17)18-8-5-16(6-9-18)13-22(24)25/h2-6,8-9,14-15,17,20H,7,10-13H2,1H3,(H,24,25)/t15-,17+,20+/m0/s1. The molecule has 1 aliphatic carbocycles. The fourth-order valence-corrected chi connectivity index (χ4v) is 4.32. The first kappa shape index (κ1) is 18.0. The molecule has 2 aromatic rings. The highest BCUT2D eigenvalue weighted by Gasteiger charge is 2.27. The molecule has 2 aromatic carbocycles. The first-order valence-corrected chi connectivity index (χ1v) is 9.45. The van der Waals surface area contributed by atoms with Crippen LogP contribution in [0.5, 0.6) is 0 Å². The molecule has 132 valence electrons. The molecule has 0 unspecified atom stereocenters. The number of carboxylic acids is 1. The Morgan fingerprint density at radius 2 is 1.96 bits per heavy atom. The lowest BCUT2D eigenvalue weighted by molar-refractivity contribution is -0.136. The zero-order chi connectivity index (χ0) is 17.8. The van der Waals surface area contributed by atoms with Gasteiger partial charge in [-0.1, -0.05) is 54.9 Å². The monoisotopic (exact) mass is 356 g/mol. The number of hydrogen-bond donors (Lipinski definition) is 1. The van der Waals surface area contributed by atoms with E-state index in [9.17, 15) is 4.79 Å². The molecular weight excluding hydrogens is 332 g/mol. The summed E-state index contributed by atoms with van der Waals surface area (Å²) in [5.74, 6) is 1.11. The molecule has 0 amide bonds. The Hall–Kier alpha value is -1.80. The second-order valence-electron chi connectivity index (χ2n) is 7.38. The number of carboxylic acid groups (broad SMARTS) is 1. The first-order chi connectivity index (χ1) is 12.0. The summed E-state index contributed by atoms with van der Waals surface area (Å²) in [6.07, 6.45) is 5.03. The van der Waals surface area contributed by atoms with E-state index >= 15 is 0 Å². The molecule has 25 heavy (non-hydrogen) atoms. The Morgan fingerprint density at radius 1 is 1.20 bits per heavy atom. The average Bonchev–Trinajstić information content (AvgIpc) is 3.03. The lowest BCUT2D eigenvalue weighted by Gasteiger charge is -2.18. The summed E-state index contributed by atoms with van der Waals surface area (Å²) in [5.41, 5.74) is 3.56. The van der Waals surface area contributed by atoms with Gasteiger partial charge in [-0.05, 0) is 72.3 Å². The van der Waals surface area contributed by atoms with Gasteiger partial charge in [0.05, 0.1) is 6.42 Å². The van der Waals surface area contributed by atoms with Crippen molar-refractivity contribution in [3.8, 4) is 0 Å². The van der Waals surface area contributed by atoms with Gasteiger partial charge in [0.2, 0.25) is 0 Å². The van der Waals surface area contributed by atoms with Crippen molar-refractivity contribution in [1.29, 1.82) is 0 Å². The van der Waals surface area contributed by atoms with E-state index in [0.29, 0.717) is 11.8 Å². The van der Waals surface area contributed by atoms with Crippen LogP contribution in [0.2, 0.25) is 5.02 Å². The molecule has 1 fully saturated rings. The summed E-state index contributed by atoms with van der Waals surface area (Å²) in [7, 11) is 0. The number of halogens is 1. The number of carbonyl (C=O) groups is 1. The molecule has 3 heteroatoms. The van der Waals surface area contributed by atoms with Gasteiger partial charge in [0.1, 0.15) is 0 Å². The molecule has 0 aliphatic heterocycles. The number of aliphatic carboxylic acids is 1. The van der Waals surface area contributed by atoms with Crippen molar-refractivity contribution in [2.45, 2.75) is 50.9 Å². The van der Waals surface area contributed by atoms with Crippen molar-refractivity contribution in [1.82, 2.24) is 0 Å². The van der Waals surface area contributed by atoms with Crippen molar-refractivity contribution < 1.29 is 9.90 Å². The molecule has 2 nitrogen and oxygen atoms in total. The highest BCUT2D eigenvalue weighted by molar-refractivity contribution is 6.30. The highest BCUT2D eigenvalue weighted by atomic mass is 35.5. The summed E-state index contributed by atoms with van der Waals surface area (Å²) >= 11 is 6.12. The van der Waals surface area contributed by atoms with Gasteiger partial charge >= 0.3 is 5.97 Å². The molecule has 1 N–H and O–H groups in total. The van der Waals surface area contributed by atoms with Crippen LogP contribution < -0.4 is 0 Å². The predicted molar refractivity (Wildman–Crippen MR) is 102 cm³/mol. The predicted octanol–water partition coefficient (Wildman–Crippen LogP) is 6.04. The number of benzene rings is 2. The molecule has 0 spiro atoms. The van der Waals surface area contributed by atoms with Crippen LogP contribution in [0.3, 0.4) is 0 Å². The Kier molecular flexibility index (Phi) is 5.80. The third kappa shape index (κ3) is 4.85. The van der Waals surface area contributed by atoms with E-state index < -0.39 is 5.97 Å². The second-order valence-corrected chi connectivity index (χ2v) is 7.82. The Morgan fingerprint density at radius 3 is 2.64 bits per heavy atom. The maximum absolute atomic E-state index is 10.8. The molecule has 0 aromatic heterocycles. The quantitative estimate of drug-likeness (QED) is 0.684. The van der Waals surface area contributed by atoms with E-state index in [0.717, 1.165) is 16.5 Å². The van der Waals surface area contributed by atoms with Crippen LogP contribution in [-0.4, -0.2) is 11.1 Å². The molecule has 1 aliphatic rings. The van der Waals surface area contributed by atoms with Crippen LogP contribution in [0, 0.1) is 5.92 Å². The van der Waals surface area contributed by atoms with E-state index in [1.165, 1.54) is 36.8 Å². The van der Waals surface area contributed by atoms with Gasteiger partial charge in [0.15, 0.2) is 0 Å². The van der Waals surface area contributed by atoms with Crippen molar-refractivity contribution in [2.75, 3.05) is 0 Å². The summed E-state index contributed by atoms with van der Waals surface area (Å²) in [6.45, 7) is 2.29. The van der Waals surface area contributed by atoms with Crippen LogP contribution in [0.4, 0.5) is 0 Å². The molecule has 3 rings (SSSR count). The Labute approximate surface area is 154 Å². The van der Waals surface area contributed by atoms with Crippen LogP contribution in [0.15, 0.2) is 48.5 Å². The second kappa shape index (κ2) is 8.05. The van der Waals surface area contributed by atoms with Gasteiger partial charge in [-0.15, -0.1) is 0 Å². The zero-order valence-corrected chi connectivity index (χ0v) is 15.4. The van der Waals surface area contributed by atoms with Crippen LogP contribution in [-0.2, 0) is 11.2 Å². The largest absolute Gasteiger partial charge is 0.481 e. The van der Waals surface area contributed by atoms with Gasteiger partial charge in [0, 0.05) is 5.02 Å². The van der Waals surface area contributed by atoms with Crippen molar-refractivity contribution in [2.24, 2.45) is 5.92 Å². The lowest BCUT2D eigenvalue weighted by Crippen LogP contribution is -2.03. The molecule has 0 heterocycles. The van der Waals surface area contributed by atoms with Crippen LogP contribution in [0.25, 0.3) is 0 Å². The molecule has 3 atom stereocenters. The normalized spacial score (nSPS) is 21.2. The highest BCUT2D eigenvalue weighted by Crippen LogP contribution is 2.42. The summed E-state index contributed by atoms with van der Waals surface area (Å²) in [6, 6.07) is 16.4. The van der Waals surface area contributed by atoms with Crippen molar-refractivity contribution >= 4 is 17.6 Å². The first-order valence-electron chi connectivity index (χ1n) is 9.07. The molecular formula is C22H25ClO2. The molecule has 0 bridgehead atoms. The molecule has 0 radical (unpaired) electrons. The summed E-state index contributed by atoms with van der Waals surface area (Å²) < 4.78 is 0. The van der Waals surface area contributed by atoms with Gasteiger partial charge in [-0.2, -0.15) is 0 Å². The Balaban J connectivity index is 1.57.